The molecule has 0 radical (unpaired) electrons. The standard InChI is InChI=1S/C13H11F3N4O3/c14-13(15,16)8-3-4-17-9(7-8)10-18-23-12(22)20(10)11(21)19-5-1-2-6-19/h3-4,7H,1-2,5-6H2. The molecule has 0 aliphatic carbocycles. The van der Waals surface area contributed by atoms with Gasteiger partial charge < -0.3 is 4.90 Å². The lowest BCUT2D eigenvalue weighted by atomic mass is 10.2. The van der Waals surface area contributed by atoms with Crippen LogP contribution >= 0.6 is 0 Å². The number of carbonyl (C=O) groups excluding carboxylic acids is 1. The summed E-state index contributed by atoms with van der Waals surface area (Å²) in [5.74, 6) is -1.41. The van der Waals surface area contributed by atoms with Crippen molar-refractivity contribution in [2.75, 3.05) is 13.1 Å². The smallest absolute Gasteiger partial charge is 0.324 e. The highest BCUT2D eigenvalue weighted by atomic mass is 19.4. The molecule has 1 amide bonds. The molecule has 1 aliphatic heterocycles. The number of likely N-dealkylation sites (tertiary alicyclic amines) is 1. The van der Waals surface area contributed by atoms with Gasteiger partial charge in [0, 0.05) is 19.3 Å². The molecule has 0 unspecified atom stereocenters. The van der Waals surface area contributed by atoms with Gasteiger partial charge in [0.05, 0.1) is 5.56 Å². The van der Waals surface area contributed by atoms with Crippen LogP contribution in [0.1, 0.15) is 18.4 Å². The first kappa shape index (κ1) is 15.3. The first-order valence-electron chi connectivity index (χ1n) is 6.79. The zero-order valence-corrected chi connectivity index (χ0v) is 11.7. The number of carbonyl (C=O) groups is 1. The first-order chi connectivity index (χ1) is 10.9. The molecule has 10 heteroatoms. The van der Waals surface area contributed by atoms with E-state index in [2.05, 4.69) is 14.7 Å². The third-order valence-corrected chi connectivity index (χ3v) is 3.49. The highest BCUT2D eigenvalue weighted by Gasteiger charge is 2.32. The van der Waals surface area contributed by atoms with Gasteiger partial charge in [0.1, 0.15) is 5.69 Å². The van der Waals surface area contributed by atoms with Crippen LogP contribution in [-0.2, 0) is 6.18 Å². The molecule has 23 heavy (non-hydrogen) atoms. The lowest BCUT2D eigenvalue weighted by molar-refractivity contribution is -0.137. The number of pyridine rings is 1. The van der Waals surface area contributed by atoms with Crippen molar-refractivity contribution in [2.45, 2.75) is 19.0 Å². The zero-order chi connectivity index (χ0) is 16.6. The predicted molar refractivity (Wildman–Crippen MR) is 70.6 cm³/mol. The van der Waals surface area contributed by atoms with E-state index in [1.807, 2.05) is 0 Å². The minimum Gasteiger partial charge on any atom is -0.324 e. The van der Waals surface area contributed by atoms with Crippen LogP contribution in [0.5, 0.6) is 0 Å². The molecule has 7 nitrogen and oxygen atoms in total. The lowest BCUT2D eigenvalue weighted by Crippen LogP contribution is -2.37. The number of halogens is 3. The van der Waals surface area contributed by atoms with Gasteiger partial charge in [-0.05, 0) is 25.0 Å². The number of aromatic nitrogens is 3. The quantitative estimate of drug-likeness (QED) is 0.799. The van der Waals surface area contributed by atoms with Crippen LogP contribution in [0.25, 0.3) is 11.5 Å². The summed E-state index contributed by atoms with van der Waals surface area (Å²) in [6.45, 7) is 0.928. The molecule has 0 aromatic carbocycles. The maximum atomic E-state index is 12.8. The second-order valence-corrected chi connectivity index (χ2v) is 5.01. The molecule has 0 spiro atoms. The second-order valence-electron chi connectivity index (χ2n) is 5.01. The van der Waals surface area contributed by atoms with Gasteiger partial charge in [-0.2, -0.15) is 17.7 Å². The summed E-state index contributed by atoms with van der Waals surface area (Å²) >= 11 is 0. The minimum atomic E-state index is -4.58. The molecule has 0 bridgehead atoms. The molecule has 2 aromatic heterocycles. The van der Waals surface area contributed by atoms with Crippen molar-refractivity contribution in [3.8, 4) is 11.5 Å². The summed E-state index contributed by atoms with van der Waals surface area (Å²) in [7, 11) is 0. The van der Waals surface area contributed by atoms with Gasteiger partial charge >= 0.3 is 18.0 Å². The van der Waals surface area contributed by atoms with E-state index >= 15 is 0 Å². The van der Waals surface area contributed by atoms with E-state index in [4.69, 9.17) is 0 Å². The zero-order valence-electron chi connectivity index (χ0n) is 11.7. The van der Waals surface area contributed by atoms with Gasteiger partial charge in [0.15, 0.2) is 0 Å². The molecule has 122 valence electrons. The Morgan fingerprint density at radius 1 is 1.26 bits per heavy atom. The molecule has 0 atom stereocenters. The van der Waals surface area contributed by atoms with Gasteiger partial charge in [0.25, 0.3) is 0 Å². The Labute approximate surface area is 127 Å². The molecular weight excluding hydrogens is 317 g/mol. The van der Waals surface area contributed by atoms with Crippen LogP contribution in [-0.4, -0.2) is 38.7 Å². The number of nitrogens with zero attached hydrogens (tertiary/aromatic N) is 4. The molecule has 0 saturated carbocycles. The summed E-state index contributed by atoms with van der Waals surface area (Å²) in [5, 5.41) is 3.40. The highest BCUT2D eigenvalue weighted by molar-refractivity contribution is 5.80. The third kappa shape index (κ3) is 2.83. The summed E-state index contributed by atoms with van der Waals surface area (Å²) in [5.41, 5.74) is -1.23. The fourth-order valence-corrected chi connectivity index (χ4v) is 2.36. The average molecular weight is 328 g/mol. The van der Waals surface area contributed by atoms with Crippen LogP contribution in [0.3, 0.4) is 0 Å². The van der Waals surface area contributed by atoms with E-state index in [1.54, 1.807) is 0 Å². The van der Waals surface area contributed by atoms with Crippen molar-refractivity contribution in [2.24, 2.45) is 0 Å². The average Bonchev–Trinajstić information content (AvgIpc) is 3.15. The molecule has 3 heterocycles. The van der Waals surface area contributed by atoms with Crippen LogP contribution in [0.4, 0.5) is 18.0 Å². The van der Waals surface area contributed by atoms with Crippen molar-refractivity contribution >= 4 is 6.03 Å². The summed E-state index contributed by atoms with van der Waals surface area (Å²) in [4.78, 5) is 29.2. The van der Waals surface area contributed by atoms with Gasteiger partial charge in [-0.15, -0.1) is 0 Å². The Morgan fingerprint density at radius 3 is 2.61 bits per heavy atom. The topological polar surface area (TPSA) is 81.2 Å². The third-order valence-electron chi connectivity index (χ3n) is 3.49. The lowest BCUT2D eigenvalue weighted by Gasteiger charge is -2.15. The first-order valence-corrected chi connectivity index (χ1v) is 6.79. The Morgan fingerprint density at radius 2 is 1.96 bits per heavy atom. The van der Waals surface area contributed by atoms with Crippen molar-refractivity contribution < 1.29 is 22.5 Å². The van der Waals surface area contributed by atoms with Crippen LogP contribution in [0.2, 0.25) is 0 Å². The van der Waals surface area contributed by atoms with Crippen molar-refractivity contribution in [3.63, 3.8) is 0 Å². The van der Waals surface area contributed by atoms with Crippen LogP contribution < -0.4 is 5.76 Å². The fourth-order valence-electron chi connectivity index (χ4n) is 2.36. The summed E-state index contributed by atoms with van der Waals surface area (Å²) in [6, 6.07) is 0.822. The van der Waals surface area contributed by atoms with Gasteiger partial charge in [-0.1, -0.05) is 5.16 Å². The van der Waals surface area contributed by atoms with E-state index in [0.717, 1.165) is 25.1 Å². The van der Waals surface area contributed by atoms with Crippen molar-refractivity contribution in [3.05, 3.63) is 34.4 Å². The van der Waals surface area contributed by atoms with Gasteiger partial charge in [-0.3, -0.25) is 9.51 Å². The van der Waals surface area contributed by atoms with Gasteiger partial charge in [0.2, 0.25) is 5.82 Å². The fraction of sp³-hybridized carbons (Fsp3) is 0.385. The Kier molecular flexibility index (Phi) is 3.66. The Hall–Kier alpha value is -2.65. The number of hydrogen-bond acceptors (Lipinski definition) is 5. The normalized spacial score (nSPS) is 15.2. The maximum absolute atomic E-state index is 12.8. The van der Waals surface area contributed by atoms with Crippen LogP contribution in [0, 0.1) is 0 Å². The predicted octanol–water partition coefficient (Wildman–Crippen LogP) is 1.98. The molecule has 0 N–H and O–H groups in total. The van der Waals surface area contributed by atoms with E-state index in [9.17, 15) is 22.8 Å². The monoisotopic (exact) mass is 328 g/mol. The number of rotatable bonds is 1. The molecule has 1 fully saturated rings. The largest absolute Gasteiger partial charge is 0.450 e. The van der Waals surface area contributed by atoms with Crippen LogP contribution in [0.15, 0.2) is 27.6 Å². The summed E-state index contributed by atoms with van der Waals surface area (Å²) < 4.78 is 43.4. The SMILES string of the molecule is O=C(N1CCCC1)n1c(-c2cc(C(F)(F)F)ccn2)noc1=O. The number of amides is 1. The van der Waals surface area contributed by atoms with E-state index < -0.39 is 23.5 Å². The minimum absolute atomic E-state index is 0.266. The van der Waals surface area contributed by atoms with E-state index in [0.29, 0.717) is 23.7 Å². The van der Waals surface area contributed by atoms with Crippen molar-refractivity contribution in [1.29, 1.82) is 0 Å². The number of alkyl halides is 3. The molecule has 1 saturated heterocycles. The Bertz CT molecular complexity index is 790. The van der Waals surface area contributed by atoms with Gasteiger partial charge in [-0.25, -0.2) is 9.59 Å². The molecule has 2 aromatic rings. The second kappa shape index (κ2) is 5.52. The maximum Gasteiger partial charge on any atom is 0.450 e. The summed E-state index contributed by atoms with van der Waals surface area (Å²) in [6.07, 6.45) is -2.06. The molecule has 3 rings (SSSR count). The van der Waals surface area contributed by atoms with E-state index in [-0.39, 0.29) is 11.5 Å². The van der Waals surface area contributed by atoms with Crippen molar-refractivity contribution in [1.82, 2.24) is 19.6 Å². The number of hydrogen-bond donors (Lipinski definition) is 0. The molecular formula is C13H11F3N4O3. The Balaban J connectivity index is 2.05. The molecule has 1 aliphatic rings. The van der Waals surface area contributed by atoms with E-state index in [1.165, 1.54) is 4.90 Å². The highest BCUT2D eigenvalue weighted by Crippen LogP contribution is 2.30.